The first-order chi connectivity index (χ1) is 6.75. The van der Waals surface area contributed by atoms with Gasteiger partial charge in [-0.05, 0) is 60.4 Å². The second-order valence-electron chi connectivity index (χ2n) is 3.68. The van der Waals surface area contributed by atoms with E-state index >= 15 is 0 Å². The zero-order valence-electron chi connectivity index (χ0n) is 8.22. The summed E-state index contributed by atoms with van der Waals surface area (Å²) in [4.78, 5) is 1.34. The molecule has 1 nitrogen and oxygen atoms in total. The van der Waals surface area contributed by atoms with Crippen LogP contribution in [0.5, 0.6) is 0 Å². The highest BCUT2D eigenvalue weighted by Crippen LogP contribution is 2.25. The summed E-state index contributed by atoms with van der Waals surface area (Å²) in [5.74, 6) is 0. The lowest BCUT2D eigenvalue weighted by molar-refractivity contribution is 0.693. The van der Waals surface area contributed by atoms with Crippen molar-refractivity contribution in [3.05, 3.63) is 26.4 Å². The maximum atomic E-state index is 3.51. The summed E-state index contributed by atoms with van der Waals surface area (Å²) in [5, 5.41) is 3.51. The number of halogens is 1. The van der Waals surface area contributed by atoms with Gasteiger partial charge in [0, 0.05) is 10.9 Å². The fraction of sp³-hybridized carbons (Fsp3) is 0.455. The first-order valence-electron chi connectivity index (χ1n) is 4.92. The lowest BCUT2D eigenvalue weighted by Gasteiger charge is -2.09. The Balaban J connectivity index is 2.09. The van der Waals surface area contributed by atoms with Gasteiger partial charge >= 0.3 is 0 Å². The molecule has 3 heteroatoms. The van der Waals surface area contributed by atoms with E-state index in [9.17, 15) is 0 Å². The Morgan fingerprint density at radius 2 is 2.50 bits per heavy atom. The van der Waals surface area contributed by atoms with Crippen LogP contribution in [-0.2, 0) is 0 Å². The summed E-state index contributed by atoms with van der Waals surface area (Å²) in [6, 6.07) is 4.87. The van der Waals surface area contributed by atoms with E-state index in [1.165, 1.54) is 33.6 Å². The minimum Gasteiger partial charge on any atom is -0.310 e. The fourth-order valence-electron chi connectivity index (χ4n) is 1.80. The smallest absolute Gasteiger partial charge is 0.0704 e. The third kappa shape index (κ3) is 2.47. The van der Waals surface area contributed by atoms with Crippen molar-refractivity contribution in [1.82, 2.24) is 5.32 Å². The lowest BCUT2D eigenvalue weighted by Crippen LogP contribution is -2.22. The first-order valence-corrected chi connectivity index (χ1v) is 6.53. The van der Waals surface area contributed by atoms with E-state index in [0.717, 1.165) is 0 Å². The Morgan fingerprint density at radius 3 is 3.07 bits per heavy atom. The average molecular weight is 272 g/mol. The van der Waals surface area contributed by atoms with E-state index in [4.69, 9.17) is 0 Å². The van der Waals surface area contributed by atoms with E-state index in [2.05, 4.69) is 46.4 Å². The van der Waals surface area contributed by atoms with Crippen LogP contribution in [0.4, 0.5) is 0 Å². The highest BCUT2D eigenvalue weighted by Gasteiger charge is 2.15. The summed E-state index contributed by atoms with van der Waals surface area (Å²) in [6.45, 7) is 3.39. The molecule has 2 heterocycles. The third-order valence-corrected chi connectivity index (χ3v) is 4.14. The van der Waals surface area contributed by atoms with Crippen molar-refractivity contribution < 1.29 is 0 Å². The van der Waals surface area contributed by atoms with Crippen LogP contribution < -0.4 is 5.32 Å². The zero-order chi connectivity index (χ0) is 9.97. The van der Waals surface area contributed by atoms with E-state index in [-0.39, 0.29) is 0 Å². The van der Waals surface area contributed by atoms with Crippen LogP contribution in [0.25, 0.3) is 6.08 Å². The standard InChI is InChI=1S/C11H14BrNS/c1-8(10-3-2-6-13-10)7-9-4-5-11(12)14-9/h4-5,7,10,13H,2-3,6H2,1H3/b8-7-. The van der Waals surface area contributed by atoms with Gasteiger partial charge in [-0.1, -0.05) is 5.57 Å². The maximum Gasteiger partial charge on any atom is 0.0704 e. The molecule has 1 aromatic rings. The Kier molecular flexibility index (Phi) is 3.42. The summed E-state index contributed by atoms with van der Waals surface area (Å²) in [5.41, 5.74) is 1.46. The Hall–Kier alpha value is -0.120. The molecular weight excluding hydrogens is 258 g/mol. The second-order valence-corrected chi connectivity index (χ2v) is 6.17. The van der Waals surface area contributed by atoms with E-state index in [0.29, 0.717) is 6.04 Å². The molecule has 2 rings (SSSR count). The quantitative estimate of drug-likeness (QED) is 0.866. The summed E-state index contributed by atoms with van der Waals surface area (Å²) in [6.07, 6.45) is 4.89. The minimum atomic E-state index is 0.607. The van der Waals surface area contributed by atoms with Crippen LogP contribution in [0, 0.1) is 0 Å². The average Bonchev–Trinajstić information content (AvgIpc) is 2.75. The zero-order valence-corrected chi connectivity index (χ0v) is 10.6. The second kappa shape index (κ2) is 4.60. The van der Waals surface area contributed by atoms with Crippen LogP contribution in [-0.4, -0.2) is 12.6 Å². The Labute approximate surface area is 97.3 Å². The van der Waals surface area contributed by atoms with Gasteiger partial charge in [0.25, 0.3) is 0 Å². The molecule has 1 fully saturated rings. The molecule has 1 aromatic heterocycles. The molecule has 1 unspecified atom stereocenters. The van der Waals surface area contributed by atoms with Gasteiger partial charge in [-0.15, -0.1) is 11.3 Å². The summed E-state index contributed by atoms with van der Waals surface area (Å²) < 4.78 is 1.20. The van der Waals surface area contributed by atoms with Gasteiger partial charge in [0.1, 0.15) is 0 Å². The van der Waals surface area contributed by atoms with Gasteiger partial charge in [0.05, 0.1) is 3.79 Å². The topological polar surface area (TPSA) is 12.0 Å². The molecule has 0 amide bonds. The predicted molar refractivity (Wildman–Crippen MR) is 66.7 cm³/mol. The molecule has 0 aliphatic carbocycles. The van der Waals surface area contributed by atoms with Crippen LogP contribution in [0.1, 0.15) is 24.6 Å². The van der Waals surface area contributed by atoms with Crippen molar-refractivity contribution in [2.24, 2.45) is 0 Å². The molecule has 0 saturated carbocycles. The van der Waals surface area contributed by atoms with Gasteiger partial charge in [0.15, 0.2) is 0 Å². The molecule has 0 radical (unpaired) electrons. The SMILES string of the molecule is C/C(=C/c1ccc(Br)s1)C1CCCN1. The molecule has 76 valence electrons. The maximum absolute atomic E-state index is 3.51. The molecule has 1 N–H and O–H groups in total. The largest absolute Gasteiger partial charge is 0.310 e. The number of nitrogens with one attached hydrogen (secondary N) is 1. The van der Waals surface area contributed by atoms with Crippen molar-refractivity contribution in [1.29, 1.82) is 0 Å². The summed E-state index contributed by atoms with van der Waals surface area (Å²) >= 11 is 5.27. The first kappa shape index (κ1) is 10.4. The number of rotatable bonds is 2. The molecular formula is C11H14BrNS. The van der Waals surface area contributed by atoms with Gasteiger partial charge in [-0.3, -0.25) is 0 Å². The van der Waals surface area contributed by atoms with Crippen molar-refractivity contribution in [3.8, 4) is 0 Å². The van der Waals surface area contributed by atoms with Crippen molar-refractivity contribution in [2.75, 3.05) is 6.54 Å². The monoisotopic (exact) mass is 271 g/mol. The van der Waals surface area contributed by atoms with Crippen LogP contribution >= 0.6 is 27.3 Å². The number of thiophene rings is 1. The highest BCUT2D eigenvalue weighted by molar-refractivity contribution is 9.11. The molecule has 1 aliphatic rings. The van der Waals surface area contributed by atoms with Gasteiger partial charge in [-0.25, -0.2) is 0 Å². The predicted octanol–water partition coefficient (Wildman–Crippen LogP) is 3.67. The molecule has 0 aromatic carbocycles. The Bertz CT molecular complexity index is 337. The molecule has 1 saturated heterocycles. The van der Waals surface area contributed by atoms with Crippen molar-refractivity contribution in [2.45, 2.75) is 25.8 Å². The van der Waals surface area contributed by atoms with E-state index < -0.39 is 0 Å². The van der Waals surface area contributed by atoms with Crippen LogP contribution in [0.3, 0.4) is 0 Å². The van der Waals surface area contributed by atoms with Gasteiger partial charge in [-0.2, -0.15) is 0 Å². The van der Waals surface area contributed by atoms with Crippen LogP contribution in [0.2, 0.25) is 0 Å². The molecule has 1 atom stereocenters. The number of hydrogen-bond donors (Lipinski definition) is 1. The van der Waals surface area contributed by atoms with Crippen molar-refractivity contribution >= 4 is 33.3 Å². The lowest BCUT2D eigenvalue weighted by atomic mass is 10.1. The molecule has 1 aliphatic heterocycles. The van der Waals surface area contributed by atoms with Crippen LogP contribution in [0.15, 0.2) is 21.5 Å². The third-order valence-electron chi connectivity index (χ3n) is 2.57. The normalized spacial score (nSPS) is 23.0. The van der Waals surface area contributed by atoms with Crippen molar-refractivity contribution in [3.63, 3.8) is 0 Å². The Morgan fingerprint density at radius 1 is 1.64 bits per heavy atom. The van der Waals surface area contributed by atoms with E-state index in [1.807, 2.05) is 0 Å². The van der Waals surface area contributed by atoms with Gasteiger partial charge in [0.2, 0.25) is 0 Å². The van der Waals surface area contributed by atoms with Gasteiger partial charge < -0.3 is 5.32 Å². The van der Waals surface area contributed by atoms with E-state index in [1.54, 1.807) is 11.3 Å². The fourth-order valence-corrected chi connectivity index (χ4v) is 3.24. The molecule has 14 heavy (non-hydrogen) atoms. The summed E-state index contributed by atoms with van der Waals surface area (Å²) in [7, 11) is 0. The number of hydrogen-bond acceptors (Lipinski definition) is 2. The minimum absolute atomic E-state index is 0.607. The molecule has 0 bridgehead atoms. The highest BCUT2D eigenvalue weighted by atomic mass is 79.9. The molecule has 0 spiro atoms.